The molecule has 3 N–H and O–H groups in total. The molecule has 1 rings (SSSR count). The average molecular weight is 290 g/mol. The average Bonchev–Trinajstić information content (AvgIpc) is 2.76. The highest BCUT2D eigenvalue weighted by Gasteiger charge is 2.41. The molecule has 1 aliphatic rings. The predicted octanol–water partition coefficient (Wildman–Crippen LogP) is 0.372. The highest BCUT2D eigenvalue weighted by atomic mass is 16.6. The first-order valence-corrected chi connectivity index (χ1v) is 7.38. The molecule has 0 spiro atoms. The van der Waals surface area contributed by atoms with Crippen molar-refractivity contribution in [1.82, 2.24) is 0 Å². The van der Waals surface area contributed by atoms with E-state index in [0.717, 1.165) is 32.1 Å². The smallest absolute Gasteiger partial charge is 0.306 e. The molecule has 6 heteroatoms. The van der Waals surface area contributed by atoms with Crippen molar-refractivity contribution in [1.29, 1.82) is 0 Å². The van der Waals surface area contributed by atoms with Gasteiger partial charge in [0.2, 0.25) is 0 Å². The van der Waals surface area contributed by atoms with Gasteiger partial charge < -0.3 is 24.8 Å². The lowest BCUT2D eigenvalue weighted by Gasteiger charge is -2.23. The van der Waals surface area contributed by atoms with E-state index in [4.69, 9.17) is 9.47 Å². The lowest BCUT2D eigenvalue weighted by atomic mass is 10.1. The maximum absolute atomic E-state index is 11.7. The van der Waals surface area contributed by atoms with Crippen LogP contribution in [0.15, 0.2) is 0 Å². The summed E-state index contributed by atoms with van der Waals surface area (Å²) in [7, 11) is 0. The second-order valence-electron chi connectivity index (χ2n) is 5.23. The molecule has 0 amide bonds. The SMILES string of the molecule is CCCCCCCC(=O)OC(CO)C1OCC(O)C1O. The van der Waals surface area contributed by atoms with Crippen LogP contribution >= 0.6 is 0 Å². The van der Waals surface area contributed by atoms with Crippen LogP contribution < -0.4 is 0 Å². The first-order valence-electron chi connectivity index (χ1n) is 7.38. The molecule has 1 saturated heterocycles. The summed E-state index contributed by atoms with van der Waals surface area (Å²) in [6.45, 7) is 1.67. The zero-order chi connectivity index (χ0) is 15.0. The molecule has 1 aliphatic heterocycles. The summed E-state index contributed by atoms with van der Waals surface area (Å²) in [5.41, 5.74) is 0. The Morgan fingerprint density at radius 2 is 2.00 bits per heavy atom. The summed E-state index contributed by atoms with van der Waals surface area (Å²) in [6.07, 6.45) is 1.53. The van der Waals surface area contributed by atoms with Crippen LogP contribution in [0.4, 0.5) is 0 Å². The van der Waals surface area contributed by atoms with Gasteiger partial charge in [-0.2, -0.15) is 0 Å². The molecule has 4 atom stereocenters. The van der Waals surface area contributed by atoms with E-state index in [1.54, 1.807) is 0 Å². The lowest BCUT2D eigenvalue weighted by molar-refractivity contribution is -0.162. The number of aliphatic hydroxyl groups excluding tert-OH is 3. The van der Waals surface area contributed by atoms with Crippen molar-refractivity contribution >= 4 is 5.97 Å². The monoisotopic (exact) mass is 290 g/mol. The molecule has 4 unspecified atom stereocenters. The van der Waals surface area contributed by atoms with E-state index in [1.807, 2.05) is 0 Å². The van der Waals surface area contributed by atoms with Gasteiger partial charge >= 0.3 is 5.97 Å². The van der Waals surface area contributed by atoms with Crippen molar-refractivity contribution in [3.63, 3.8) is 0 Å². The molecular formula is C14H26O6. The molecule has 1 fully saturated rings. The molecule has 0 radical (unpaired) electrons. The van der Waals surface area contributed by atoms with Crippen molar-refractivity contribution in [2.45, 2.75) is 69.9 Å². The number of aliphatic hydroxyl groups is 3. The summed E-state index contributed by atoms with van der Waals surface area (Å²) >= 11 is 0. The second-order valence-corrected chi connectivity index (χ2v) is 5.23. The fourth-order valence-corrected chi connectivity index (χ4v) is 2.26. The predicted molar refractivity (Wildman–Crippen MR) is 72.1 cm³/mol. The zero-order valence-corrected chi connectivity index (χ0v) is 12.0. The molecular weight excluding hydrogens is 264 g/mol. The van der Waals surface area contributed by atoms with Gasteiger partial charge in [-0.25, -0.2) is 0 Å². The van der Waals surface area contributed by atoms with Gasteiger partial charge in [0.25, 0.3) is 0 Å². The third-order valence-corrected chi connectivity index (χ3v) is 3.50. The van der Waals surface area contributed by atoms with Crippen molar-refractivity contribution < 1.29 is 29.6 Å². The highest BCUT2D eigenvalue weighted by Crippen LogP contribution is 2.20. The topological polar surface area (TPSA) is 96.2 Å². The zero-order valence-electron chi connectivity index (χ0n) is 12.0. The number of esters is 1. The molecule has 6 nitrogen and oxygen atoms in total. The van der Waals surface area contributed by atoms with Crippen LogP contribution in [0.3, 0.4) is 0 Å². The van der Waals surface area contributed by atoms with Gasteiger partial charge in [-0.15, -0.1) is 0 Å². The van der Waals surface area contributed by atoms with E-state index < -0.39 is 37.0 Å². The molecule has 0 aromatic heterocycles. The summed E-state index contributed by atoms with van der Waals surface area (Å²) in [6, 6.07) is 0. The van der Waals surface area contributed by atoms with E-state index in [1.165, 1.54) is 0 Å². The van der Waals surface area contributed by atoms with Crippen LogP contribution in [-0.4, -0.2) is 58.9 Å². The van der Waals surface area contributed by atoms with E-state index >= 15 is 0 Å². The molecule has 0 aromatic carbocycles. The van der Waals surface area contributed by atoms with Gasteiger partial charge in [0.15, 0.2) is 6.10 Å². The van der Waals surface area contributed by atoms with Gasteiger partial charge in [-0.1, -0.05) is 32.6 Å². The Kier molecular flexibility index (Phi) is 8.06. The van der Waals surface area contributed by atoms with Crippen molar-refractivity contribution in [3.8, 4) is 0 Å². The number of hydrogen-bond donors (Lipinski definition) is 3. The third kappa shape index (κ3) is 5.36. The summed E-state index contributed by atoms with van der Waals surface area (Å²) in [4.78, 5) is 11.7. The van der Waals surface area contributed by atoms with E-state index in [-0.39, 0.29) is 6.61 Å². The maximum Gasteiger partial charge on any atom is 0.306 e. The molecule has 20 heavy (non-hydrogen) atoms. The van der Waals surface area contributed by atoms with Crippen LogP contribution in [-0.2, 0) is 14.3 Å². The molecule has 0 aromatic rings. The quantitative estimate of drug-likeness (QED) is 0.419. The van der Waals surface area contributed by atoms with Crippen LogP contribution in [0.2, 0.25) is 0 Å². The number of carbonyl (C=O) groups is 1. The number of hydrogen-bond acceptors (Lipinski definition) is 6. The van der Waals surface area contributed by atoms with Crippen LogP contribution in [0.25, 0.3) is 0 Å². The minimum atomic E-state index is -1.13. The van der Waals surface area contributed by atoms with Crippen LogP contribution in [0.5, 0.6) is 0 Å². The highest BCUT2D eigenvalue weighted by molar-refractivity contribution is 5.69. The molecule has 0 bridgehead atoms. The Morgan fingerprint density at radius 1 is 1.30 bits per heavy atom. The largest absolute Gasteiger partial charge is 0.457 e. The van der Waals surface area contributed by atoms with Gasteiger partial charge in [0, 0.05) is 6.42 Å². The molecule has 118 valence electrons. The number of unbranched alkanes of at least 4 members (excludes halogenated alkanes) is 4. The first kappa shape index (κ1) is 17.4. The maximum atomic E-state index is 11.7. The van der Waals surface area contributed by atoms with E-state index in [2.05, 4.69) is 6.92 Å². The number of carbonyl (C=O) groups excluding carboxylic acids is 1. The Hall–Kier alpha value is -0.690. The summed E-state index contributed by atoms with van der Waals surface area (Å²) in [5, 5.41) is 28.3. The normalized spacial score (nSPS) is 27.5. The van der Waals surface area contributed by atoms with Crippen molar-refractivity contribution in [2.75, 3.05) is 13.2 Å². The molecule has 0 saturated carbocycles. The second kappa shape index (κ2) is 9.28. The Bertz CT molecular complexity index is 283. The van der Waals surface area contributed by atoms with Gasteiger partial charge in [0.1, 0.15) is 18.3 Å². The Balaban J connectivity index is 2.27. The number of ether oxygens (including phenoxy) is 2. The molecule has 0 aliphatic carbocycles. The fourth-order valence-electron chi connectivity index (χ4n) is 2.26. The summed E-state index contributed by atoms with van der Waals surface area (Å²) < 4.78 is 10.3. The standard InChI is InChI=1S/C14H26O6/c1-2-3-4-5-6-7-12(17)20-11(8-15)14-13(18)10(16)9-19-14/h10-11,13-16,18H,2-9H2,1H3. The number of rotatable bonds is 9. The summed E-state index contributed by atoms with van der Waals surface area (Å²) in [5.74, 6) is -0.405. The fraction of sp³-hybridized carbons (Fsp3) is 0.929. The minimum Gasteiger partial charge on any atom is -0.457 e. The van der Waals surface area contributed by atoms with Gasteiger partial charge in [-0.05, 0) is 6.42 Å². The minimum absolute atomic E-state index is 0.0170. The van der Waals surface area contributed by atoms with Gasteiger partial charge in [0.05, 0.1) is 13.2 Å². The molecule has 1 heterocycles. The first-order chi connectivity index (χ1) is 9.60. The van der Waals surface area contributed by atoms with Gasteiger partial charge in [-0.3, -0.25) is 4.79 Å². The van der Waals surface area contributed by atoms with E-state index in [9.17, 15) is 20.1 Å². The Labute approximate surface area is 119 Å². The van der Waals surface area contributed by atoms with Crippen LogP contribution in [0.1, 0.15) is 45.4 Å². The Morgan fingerprint density at radius 3 is 2.55 bits per heavy atom. The van der Waals surface area contributed by atoms with E-state index in [0.29, 0.717) is 6.42 Å². The third-order valence-electron chi connectivity index (χ3n) is 3.50. The van der Waals surface area contributed by atoms with Crippen LogP contribution in [0, 0.1) is 0 Å². The van der Waals surface area contributed by atoms with Crippen molar-refractivity contribution in [3.05, 3.63) is 0 Å². The lowest BCUT2D eigenvalue weighted by Crippen LogP contribution is -2.43. The van der Waals surface area contributed by atoms with Crippen molar-refractivity contribution in [2.24, 2.45) is 0 Å².